The molecule has 5 unspecified atom stereocenters. The van der Waals surface area contributed by atoms with Gasteiger partial charge in [-0.15, -0.1) is 0 Å². The van der Waals surface area contributed by atoms with Crippen LogP contribution in [0.15, 0.2) is 109 Å². The molecule has 0 rings (SSSR count). The second kappa shape index (κ2) is 71.1. The lowest BCUT2D eigenvalue weighted by Gasteiger charge is -2.21. The van der Waals surface area contributed by atoms with Gasteiger partial charge in [0.25, 0.3) is 0 Å². The fourth-order valence-electron chi connectivity index (χ4n) is 9.95. The minimum absolute atomic E-state index is 0.0795. The molecule has 0 bridgehead atoms. The van der Waals surface area contributed by atoms with Gasteiger partial charge >= 0.3 is 39.5 Å². The lowest BCUT2D eigenvalue weighted by Crippen LogP contribution is -2.30. The van der Waals surface area contributed by atoms with Gasteiger partial charge < -0.3 is 33.8 Å². The van der Waals surface area contributed by atoms with Crippen molar-refractivity contribution in [3.63, 3.8) is 0 Å². The van der Waals surface area contributed by atoms with E-state index in [9.17, 15) is 43.2 Å². The van der Waals surface area contributed by atoms with Gasteiger partial charge in [-0.25, -0.2) is 9.13 Å². The van der Waals surface area contributed by atoms with Crippen molar-refractivity contribution in [2.75, 3.05) is 39.6 Å². The Labute approximate surface area is 594 Å². The normalized spacial score (nSPS) is 14.6. The summed E-state index contributed by atoms with van der Waals surface area (Å²) in [5.41, 5.74) is 0. The molecule has 0 fully saturated rings. The molecule has 0 aliphatic carbocycles. The van der Waals surface area contributed by atoms with Crippen LogP contribution in [0, 0.1) is 0 Å². The Bertz CT molecular complexity index is 2290. The Kier molecular flexibility index (Phi) is 68.0. The minimum atomic E-state index is -4.98. The van der Waals surface area contributed by atoms with Crippen LogP contribution >= 0.6 is 15.6 Å². The van der Waals surface area contributed by atoms with Crippen molar-refractivity contribution in [1.82, 2.24) is 0 Å². The van der Waals surface area contributed by atoms with Crippen molar-refractivity contribution in [3.8, 4) is 0 Å². The molecule has 0 aliphatic rings. The summed E-state index contributed by atoms with van der Waals surface area (Å²) in [5, 5.41) is 10.6. The highest BCUT2D eigenvalue weighted by molar-refractivity contribution is 7.47. The second-order valence-electron chi connectivity index (χ2n) is 25.2. The summed E-state index contributed by atoms with van der Waals surface area (Å²) in [7, 11) is -9.96. The highest BCUT2D eigenvalue weighted by Crippen LogP contribution is 2.45. The standard InChI is InChI=1S/C79H136O17P2/c1-5-9-13-17-21-25-29-32-34-35-36-37-39-42-45-48-52-56-60-64-77(82)89-69-74(95-78(83)65-61-57-53-49-43-28-24-20-16-12-8-4)71-93-97(85,86)91-67-73(80)68-92-98(87,88)94-72-75(96-79(84)66-62-58-54-50-46-40-31-27-23-19-15-11-7-3)70-90-76(81)63-59-55-51-47-44-41-38-33-30-26-22-18-14-10-6-2/h9-10,13-14,20-22,24-26,32-34,36-38,44,47,73-75,80H,5-8,11-12,15-19,23,27-31,35,39-43,45-46,48-72H2,1-4H3,(H,85,86)(H,87,88)/b13-9-,14-10-,24-20-,25-21-,26-22-,34-32-,37-36-,38-33-,47-44-. The zero-order valence-corrected chi connectivity index (χ0v) is 63.2. The van der Waals surface area contributed by atoms with Crippen LogP contribution in [0.4, 0.5) is 0 Å². The predicted molar refractivity (Wildman–Crippen MR) is 399 cm³/mol. The summed E-state index contributed by atoms with van der Waals surface area (Å²) in [6, 6.07) is 0. The lowest BCUT2D eigenvalue weighted by atomic mass is 10.0. The average molecular weight is 1420 g/mol. The summed E-state index contributed by atoms with van der Waals surface area (Å²) in [4.78, 5) is 72.8. The van der Waals surface area contributed by atoms with Gasteiger partial charge in [0.15, 0.2) is 12.2 Å². The van der Waals surface area contributed by atoms with Gasteiger partial charge in [0, 0.05) is 25.7 Å². The smallest absolute Gasteiger partial charge is 0.462 e. The van der Waals surface area contributed by atoms with Crippen LogP contribution in [0.3, 0.4) is 0 Å². The Morgan fingerprint density at radius 2 is 0.541 bits per heavy atom. The summed E-state index contributed by atoms with van der Waals surface area (Å²) in [5.74, 6) is -2.24. The minimum Gasteiger partial charge on any atom is -0.462 e. The van der Waals surface area contributed by atoms with Crippen LogP contribution in [0.2, 0.25) is 0 Å². The number of aliphatic hydroxyl groups excluding tert-OH is 1. The third kappa shape index (κ3) is 70.2. The maximum Gasteiger partial charge on any atom is 0.472 e. The van der Waals surface area contributed by atoms with Crippen molar-refractivity contribution >= 4 is 39.5 Å². The molecule has 0 radical (unpaired) electrons. The van der Waals surface area contributed by atoms with Gasteiger partial charge in [-0.3, -0.25) is 37.3 Å². The van der Waals surface area contributed by atoms with Gasteiger partial charge in [-0.1, -0.05) is 272 Å². The topological polar surface area (TPSA) is 237 Å². The second-order valence-corrected chi connectivity index (χ2v) is 28.1. The van der Waals surface area contributed by atoms with E-state index in [2.05, 4.69) is 137 Å². The van der Waals surface area contributed by atoms with Gasteiger partial charge in [-0.2, -0.15) is 0 Å². The Hall–Kier alpha value is -4.28. The number of ether oxygens (including phenoxy) is 4. The molecule has 0 saturated carbocycles. The van der Waals surface area contributed by atoms with E-state index in [1.165, 1.54) is 64.2 Å². The molecule has 0 aromatic heterocycles. The van der Waals surface area contributed by atoms with E-state index in [0.717, 1.165) is 167 Å². The lowest BCUT2D eigenvalue weighted by molar-refractivity contribution is -0.161. The molecule has 0 heterocycles. The van der Waals surface area contributed by atoms with E-state index in [1.807, 2.05) is 0 Å². The number of phosphoric ester groups is 2. The van der Waals surface area contributed by atoms with Crippen LogP contribution in [0.1, 0.15) is 310 Å². The van der Waals surface area contributed by atoms with E-state index in [-0.39, 0.29) is 25.7 Å². The highest BCUT2D eigenvalue weighted by Gasteiger charge is 2.30. The van der Waals surface area contributed by atoms with E-state index in [4.69, 9.17) is 37.0 Å². The van der Waals surface area contributed by atoms with E-state index in [0.29, 0.717) is 25.7 Å². The Morgan fingerprint density at radius 3 is 0.878 bits per heavy atom. The number of hydrogen-bond acceptors (Lipinski definition) is 15. The molecule has 0 aliphatic heterocycles. The average Bonchev–Trinajstić information content (AvgIpc) is 1.00. The first-order valence-corrected chi connectivity index (χ1v) is 41.1. The fraction of sp³-hybridized carbons (Fsp3) is 0.722. The van der Waals surface area contributed by atoms with E-state index < -0.39 is 97.5 Å². The zero-order valence-electron chi connectivity index (χ0n) is 61.4. The van der Waals surface area contributed by atoms with E-state index in [1.54, 1.807) is 0 Å². The number of aliphatic hydroxyl groups is 1. The van der Waals surface area contributed by atoms with Crippen molar-refractivity contribution in [2.45, 2.75) is 329 Å². The number of rotatable bonds is 71. The van der Waals surface area contributed by atoms with Crippen molar-refractivity contribution < 1.29 is 80.2 Å². The van der Waals surface area contributed by atoms with E-state index >= 15 is 0 Å². The molecule has 564 valence electrons. The third-order valence-electron chi connectivity index (χ3n) is 15.7. The van der Waals surface area contributed by atoms with Crippen LogP contribution in [-0.4, -0.2) is 96.7 Å². The van der Waals surface area contributed by atoms with Gasteiger partial charge in [-0.05, 0) is 122 Å². The zero-order chi connectivity index (χ0) is 71.8. The fourth-order valence-corrected chi connectivity index (χ4v) is 11.5. The van der Waals surface area contributed by atoms with Crippen LogP contribution < -0.4 is 0 Å². The third-order valence-corrected chi connectivity index (χ3v) is 17.6. The summed E-state index contributed by atoms with van der Waals surface area (Å²) < 4.78 is 68.4. The Balaban J connectivity index is 5.33. The first kappa shape index (κ1) is 93.7. The first-order valence-electron chi connectivity index (χ1n) is 38.1. The molecule has 17 nitrogen and oxygen atoms in total. The molecular weight excluding hydrogens is 1280 g/mol. The number of phosphoric acid groups is 2. The highest BCUT2D eigenvalue weighted by atomic mass is 31.2. The largest absolute Gasteiger partial charge is 0.472 e. The molecule has 0 spiro atoms. The SMILES string of the molecule is CC/C=C\C/C=C\C/C=C\C/C=C\CCCCCCCCC(=O)OCC(COP(=O)(O)OCC(O)COP(=O)(O)OCC(COC(=O)CCCC/C=C\C/C=C\C/C=C\C/C=C\CC)OC(=O)CCCCCCCCCCCCCCC)OC(=O)CCCCCCC/C=C\CCCC. The number of esters is 4. The van der Waals surface area contributed by atoms with Crippen molar-refractivity contribution in [2.24, 2.45) is 0 Å². The van der Waals surface area contributed by atoms with Crippen LogP contribution in [0.25, 0.3) is 0 Å². The number of unbranched alkanes of at least 4 members (excludes halogenated alkanes) is 27. The molecule has 3 N–H and O–H groups in total. The first-order chi connectivity index (χ1) is 47.7. The van der Waals surface area contributed by atoms with Gasteiger partial charge in [0.05, 0.1) is 26.4 Å². The van der Waals surface area contributed by atoms with Gasteiger partial charge in [0.1, 0.15) is 19.3 Å². The molecular formula is C79H136O17P2. The number of carbonyl (C=O) groups excluding carboxylic acids is 4. The maximum atomic E-state index is 13.1. The number of allylic oxidation sites excluding steroid dienone is 18. The molecule has 0 aromatic carbocycles. The molecule has 0 amide bonds. The molecule has 0 aromatic rings. The monoisotopic (exact) mass is 1420 g/mol. The summed E-state index contributed by atoms with van der Waals surface area (Å²) in [6.07, 6.45) is 75.2. The van der Waals surface area contributed by atoms with Crippen LogP contribution in [-0.2, 0) is 65.4 Å². The summed E-state index contributed by atoms with van der Waals surface area (Å²) >= 11 is 0. The number of carbonyl (C=O) groups is 4. The number of hydrogen-bond donors (Lipinski definition) is 3. The quantitative estimate of drug-likeness (QED) is 0.0169. The van der Waals surface area contributed by atoms with Crippen LogP contribution in [0.5, 0.6) is 0 Å². The molecule has 0 saturated heterocycles. The molecule has 98 heavy (non-hydrogen) atoms. The summed E-state index contributed by atoms with van der Waals surface area (Å²) in [6.45, 7) is 4.55. The maximum absolute atomic E-state index is 13.1. The van der Waals surface area contributed by atoms with Crippen molar-refractivity contribution in [1.29, 1.82) is 0 Å². The van der Waals surface area contributed by atoms with Gasteiger partial charge in [0.2, 0.25) is 0 Å². The van der Waals surface area contributed by atoms with Crippen molar-refractivity contribution in [3.05, 3.63) is 109 Å². The predicted octanol–water partition coefficient (Wildman–Crippen LogP) is 21.8. The Morgan fingerprint density at radius 1 is 0.296 bits per heavy atom. The molecule has 19 heteroatoms. The molecule has 5 atom stereocenters.